The molecule has 0 saturated heterocycles. The van der Waals surface area contributed by atoms with Crippen LogP contribution >= 0.6 is 11.8 Å². The van der Waals surface area contributed by atoms with E-state index in [2.05, 4.69) is 51.3 Å². The van der Waals surface area contributed by atoms with Gasteiger partial charge in [-0.1, -0.05) is 32.0 Å². The van der Waals surface area contributed by atoms with Crippen LogP contribution in [0.2, 0.25) is 0 Å². The van der Waals surface area contributed by atoms with Crippen LogP contribution in [-0.4, -0.2) is 17.0 Å². The summed E-state index contributed by atoms with van der Waals surface area (Å²) in [6.45, 7) is 8.81. The lowest BCUT2D eigenvalue weighted by Gasteiger charge is -2.18. The average molecular weight is 266 g/mol. The summed E-state index contributed by atoms with van der Waals surface area (Å²) < 4.78 is 0. The first-order chi connectivity index (χ1) is 8.56. The molecule has 1 aromatic carbocycles. The van der Waals surface area contributed by atoms with E-state index in [9.17, 15) is 0 Å². The first-order valence-corrected chi connectivity index (χ1v) is 7.75. The summed E-state index contributed by atoms with van der Waals surface area (Å²) in [5.74, 6) is 6.72. The van der Waals surface area contributed by atoms with Gasteiger partial charge >= 0.3 is 0 Å². The van der Waals surface area contributed by atoms with Crippen LogP contribution < -0.4 is 11.3 Å². The molecule has 102 valence electrons. The number of hydrogen-bond donors (Lipinski definition) is 2. The topological polar surface area (TPSA) is 38.0 Å². The Hall–Kier alpha value is -0.510. The van der Waals surface area contributed by atoms with Crippen LogP contribution in [0.3, 0.4) is 0 Å². The third kappa shape index (κ3) is 5.01. The maximum absolute atomic E-state index is 5.65. The summed E-state index contributed by atoms with van der Waals surface area (Å²) in [5, 5.41) is 0.709. The van der Waals surface area contributed by atoms with E-state index in [-0.39, 0.29) is 0 Å². The SMILES string of the molecule is CCC(C)SCC(Cc1ccc(C)c(C)c1)NN. The van der Waals surface area contributed by atoms with Crippen LogP contribution in [0.5, 0.6) is 0 Å². The highest BCUT2D eigenvalue weighted by Crippen LogP contribution is 2.17. The number of rotatable bonds is 7. The Morgan fingerprint density at radius 1 is 1.28 bits per heavy atom. The smallest absolute Gasteiger partial charge is 0.0341 e. The van der Waals surface area contributed by atoms with Gasteiger partial charge < -0.3 is 0 Å². The van der Waals surface area contributed by atoms with E-state index in [1.165, 1.54) is 23.1 Å². The molecule has 0 amide bonds. The molecule has 0 fully saturated rings. The fourth-order valence-corrected chi connectivity index (χ4v) is 2.79. The lowest BCUT2D eigenvalue weighted by atomic mass is 10.0. The molecule has 0 radical (unpaired) electrons. The summed E-state index contributed by atoms with van der Waals surface area (Å²) in [5.41, 5.74) is 7.02. The van der Waals surface area contributed by atoms with Crippen LogP contribution in [0.15, 0.2) is 18.2 Å². The van der Waals surface area contributed by atoms with Gasteiger partial charge in [-0.2, -0.15) is 11.8 Å². The van der Waals surface area contributed by atoms with Gasteiger partial charge in [0.05, 0.1) is 0 Å². The maximum atomic E-state index is 5.65. The van der Waals surface area contributed by atoms with Crippen molar-refractivity contribution < 1.29 is 0 Å². The molecule has 3 heteroatoms. The van der Waals surface area contributed by atoms with Crippen LogP contribution in [0, 0.1) is 13.8 Å². The van der Waals surface area contributed by atoms with Gasteiger partial charge in [0.25, 0.3) is 0 Å². The zero-order valence-electron chi connectivity index (χ0n) is 12.0. The van der Waals surface area contributed by atoms with Crippen molar-refractivity contribution in [1.29, 1.82) is 0 Å². The molecule has 2 nitrogen and oxygen atoms in total. The highest BCUT2D eigenvalue weighted by Gasteiger charge is 2.10. The molecule has 3 N–H and O–H groups in total. The monoisotopic (exact) mass is 266 g/mol. The van der Waals surface area contributed by atoms with E-state index < -0.39 is 0 Å². The minimum absolute atomic E-state index is 0.353. The van der Waals surface area contributed by atoms with Gasteiger partial charge in [-0.3, -0.25) is 11.3 Å². The lowest BCUT2D eigenvalue weighted by Crippen LogP contribution is -2.39. The predicted molar refractivity (Wildman–Crippen MR) is 82.9 cm³/mol. The molecule has 0 aliphatic rings. The number of nitrogens with two attached hydrogens (primary N) is 1. The van der Waals surface area contributed by atoms with Gasteiger partial charge in [-0.15, -0.1) is 0 Å². The van der Waals surface area contributed by atoms with Crippen LogP contribution in [0.25, 0.3) is 0 Å². The van der Waals surface area contributed by atoms with Crippen LogP contribution in [-0.2, 0) is 6.42 Å². The highest BCUT2D eigenvalue weighted by atomic mass is 32.2. The van der Waals surface area contributed by atoms with Crippen molar-refractivity contribution in [2.45, 2.75) is 51.8 Å². The Morgan fingerprint density at radius 3 is 2.56 bits per heavy atom. The second-order valence-corrected chi connectivity index (χ2v) is 6.51. The van der Waals surface area contributed by atoms with Gasteiger partial charge in [-0.25, -0.2) is 0 Å². The standard InChI is InChI=1S/C15H26N2S/c1-5-13(4)18-10-15(17-16)9-14-7-6-11(2)12(3)8-14/h6-8,13,15,17H,5,9-10,16H2,1-4H3. The molecule has 0 bridgehead atoms. The van der Waals surface area contributed by atoms with Gasteiger partial charge in [-0.05, 0) is 43.4 Å². The second-order valence-electron chi connectivity index (χ2n) is 5.04. The molecule has 0 aromatic heterocycles. The minimum atomic E-state index is 0.353. The van der Waals surface area contributed by atoms with Crippen molar-refractivity contribution in [2.75, 3.05) is 5.75 Å². The minimum Gasteiger partial charge on any atom is -0.271 e. The van der Waals surface area contributed by atoms with Crippen molar-refractivity contribution >= 4 is 11.8 Å². The molecule has 0 saturated carbocycles. The fraction of sp³-hybridized carbons (Fsp3) is 0.600. The third-order valence-electron chi connectivity index (χ3n) is 3.45. The molecule has 1 aromatic rings. The molecule has 1 rings (SSSR count). The quantitative estimate of drug-likeness (QED) is 0.588. The number of thioether (sulfide) groups is 1. The summed E-state index contributed by atoms with van der Waals surface area (Å²) in [6.07, 6.45) is 2.21. The molecule has 0 heterocycles. The van der Waals surface area contributed by atoms with Crippen molar-refractivity contribution in [2.24, 2.45) is 5.84 Å². The summed E-state index contributed by atoms with van der Waals surface area (Å²) in [7, 11) is 0. The van der Waals surface area contributed by atoms with Crippen molar-refractivity contribution in [3.8, 4) is 0 Å². The van der Waals surface area contributed by atoms with E-state index in [1.807, 2.05) is 11.8 Å². The number of aryl methyl sites for hydroxylation is 2. The second kappa shape index (κ2) is 7.82. The van der Waals surface area contributed by atoms with Crippen molar-refractivity contribution in [3.63, 3.8) is 0 Å². The molecular formula is C15H26N2S. The number of hydrazine groups is 1. The van der Waals surface area contributed by atoms with E-state index in [0.29, 0.717) is 11.3 Å². The van der Waals surface area contributed by atoms with E-state index in [4.69, 9.17) is 5.84 Å². The number of benzene rings is 1. The molecule has 2 unspecified atom stereocenters. The Morgan fingerprint density at radius 2 is 2.00 bits per heavy atom. The summed E-state index contributed by atoms with van der Waals surface area (Å²) >= 11 is 1.99. The van der Waals surface area contributed by atoms with Crippen LogP contribution in [0.1, 0.15) is 37.0 Å². The Kier molecular flexibility index (Phi) is 6.76. The molecule has 0 aliphatic heterocycles. The summed E-state index contributed by atoms with van der Waals surface area (Å²) in [4.78, 5) is 0. The van der Waals surface area contributed by atoms with Gasteiger partial charge in [0.15, 0.2) is 0 Å². The molecular weight excluding hydrogens is 240 g/mol. The van der Waals surface area contributed by atoms with Crippen molar-refractivity contribution in [1.82, 2.24) is 5.43 Å². The Balaban J connectivity index is 2.54. The fourth-order valence-electron chi connectivity index (χ4n) is 1.78. The molecule has 2 atom stereocenters. The van der Waals surface area contributed by atoms with E-state index in [0.717, 1.165) is 12.2 Å². The van der Waals surface area contributed by atoms with Crippen molar-refractivity contribution in [3.05, 3.63) is 34.9 Å². The van der Waals surface area contributed by atoms with Gasteiger partial charge in [0.2, 0.25) is 0 Å². The lowest BCUT2D eigenvalue weighted by molar-refractivity contribution is 0.574. The third-order valence-corrected chi connectivity index (χ3v) is 4.94. The largest absolute Gasteiger partial charge is 0.271 e. The highest BCUT2D eigenvalue weighted by molar-refractivity contribution is 7.99. The Labute approximate surface area is 116 Å². The first kappa shape index (κ1) is 15.5. The average Bonchev–Trinajstić information content (AvgIpc) is 2.38. The molecule has 0 aliphatic carbocycles. The Bertz CT molecular complexity index is 366. The summed E-state index contributed by atoms with van der Waals surface area (Å²) in [6, 6.07) is 7.03. The van der Waals surface area contributed by atoms with Gasteiger partial charge in [0, 0.05) is 17.0 Å². The predicted octanol–water partition coefficient (Wildman–Crippen LogP) is 3.21. The molecule has 0 spiro atoms. The first-order valence-electron chi connectivity index (χ1n) is 6.70. The number of hydrogen-bond acceptors (Lipinski definition) is 3. The maximum Gasteiger partial charge on any atom is 0.0341 e. The number of nitrogens with one attached hydrogen (secondary N) is 1. The van der Waals surface area contributed by atoms with E-state index >= 15 is 0 Å². The zero-order valence-corrected chi connectivity index (χ0v) is 12.8. The van der Waals surface area contributed by atoms with Gasteiger partial charge in [0.1, 0.15) is 0 Å². The zero-order chi connectivity index (χ0) is 13.5. The van der Waals surface area contributed by atoms with E-state index in [1.54, 1.807) is 0 Å². The van der Waals surface area contributed by atoms with Crippen LogP contribution in [0.4, 0.5) is 0 Å². The normalized spacial score (nSPS) is 14.5. The molecule has 18 heavy (non-hydrogen) atoms.